The van der Waals surface area contributed by atoms with Gasteiger partial charge in [0.15, 0.2) is 0 Å². The minimum Gasteiger partial charge on any atom is -0.234 e. The van der Waals surface area contributed by atoms with Crippen LogP contribution in [0, 0.1) is 0 Å². The third kappa shape index (κ3) is 0.629. The van der Waals surface area contributed by atoms with Crippen molar-refractivity contribution < 1.29 is 26.3 Å². The molecule has 11 heavy (non-hydrogen) atoms. The Labute approximate surface area is 58.2 Å². The molecule has 0 spiro atoms. The van der Waals surface area contributed by atoms with Gasteiger partial charge in [0.05, 0.1) is 0 Å². The minimum absolute atomic E-state index is 0.0108. The number of alkyl halides is 6. The minimum atomic E-state index is -4.57. The van der Waals surface area contributed by atoms with Crippen LogP contribution < -0.4 is 0 Å². The molecule has 0 nitrogen and oxygen atoms in total. The van der Waals surface area contributed by atoms with Crippen molar-refractivity contribution in [2.45, 2.75) is 30.6 Å². The van der Waals surface area contributed by atoms with E-state index in [1.165, 1.54) is 0 Å². The Hall–Kier alpha value is -0.420. The largest absolute Gasteiger partial charge is 0.323 e. The molecule has 1 saturated carbocycles. The average molecular weight is 178 g/mol. The molecule has 0 aromatic rings. The maximum atomic E-state index is 12.3. The second kappa shape index (κ2) is 1.67. The van der Waals surface area contributed by atoms with E-state index in [0.717, 1.165) is 0 Å². The maximum absolute atomic E-state index is 12.3. The molecule has 0 saturated heterocycles. The van der Waals surface area contributed by atoms with Gasteiger partial charge >= 0.3 is 11.8 Å². The lowest BCUT2D eigenvalue weighted by Crippen LogP contribution is -2.77. The van der Waals surface area contributed by atoms with Gasteiger partial charge < -0.3 is 0 Å². The van der Waals surface area contributed by atoms with E-state index in [2.05, 4.69) is 0 Å². The molecule has 0 unspecified atom stereocenters. The molecule has 0 aromatic heterocycles. The molecule has 0 amide bonds. The van der Waals surface area contributed by atoms with Crippen molar-refractivity contribution in [3.63, 3.8) is 0 Å². The zero-order chi connectivity index (χ0) is 9.08. The van der Waals surface area contributed by atoms with Gasteiger partial charge in [-0.1, -0.05) is 0 Å². The van der Waals surface area contributed by atoms with Crippen molar-refractivity contribution in [3.05, 3.63) is 0 Å². The lowest BCUT2D eigenvalue weighted by Gasteiger charge is -2.49. The third-order valence-corrected chi connectivity index (χ3v) is 1.89. The average Bonchev–Trinajstić information content (AvgIpc) is 1.84. The van der Waals surface area contributed by atoms with E-state index in [9.17, 15) is 26.3 Å². The molecular formula is C5H4F6. The SMILES string of the molecule is CC1(F)C(F)(F)C(F)C1(F)F. The summed E-state index contributed by atoms with van der Waals surface area (Å²) in [5.74, 6) is -9.15. The number of hydrogen-bond acceptors (Lipinski definition) is 0. The molecule has 0 radical (unpaired) electrons. The van der Waals surface area contributed by atoms with Gasteiger partial charge in [0, 0.05) is 0 Å². The zero-order valence-electron chi connectivity index (χ0n) is 5.35. The monoisotopic (exact) mass is 178 g/mol. The summed E-state index contributed by atoms with van der Waals surface area (Å²) in [6, 6.07) is 0. The van der Waals surface area contributed by atoms with Crippen LogP contribution in [0.4, 0.5) is 26.3 Å². The Morgan fingerprint density at radius 1 is 0.909 bits per heavy atom. The Balaban J connectivity index is 2.98. The maximum Gasteiger partial charge on any atom is 0.323 e. The van der Waals surface area contributed by atoms with Crippen molar-refractivity contribution in [2.24, 2.45) is 0 Å². The summed E-state index contributed by atoms with van der Waals surface area (Å²) in [5, 5.41) is 0. The Morgan fingerprint density at radius 3 is 1.27 bits per heavy atom. The lowest BCUT2D eigenvalue weighted by atomic mass is 9.73. The molecule has 1 aliphatic carbocycles. The molecular weight excluding hydrogens is 174 g/mol. The second-order valence-electron chi connectivity index (χ2n) is 2.61. The normalized spacial score (nSPS) is 46.6. The topological polar surface area (TPSA) is 0 Å². The summed E-state index contributed by atoms with van der Waals surface area (Å²) in [5.41, 5.74) is -4.06. The third-order valence-electron chi connectivity index (χ3n) is 1.89. The van der Waals surface area contributed by atoms with E-state index in [1.807, 2.05) is 0 Å². The highest BCUT2D eigenvalue weighted by molar-refractivity contribution is 5.20. The first kappa shape index (κ1) is 8.67. The first-order valence-corrected chi connectivity index (χ1v) is 2.74. The highest BCUT2D eigenvalue weighted by Gasteiger charge is 2.87. The molecule has 0 aliphatic heterocycles. The summed E-state index contributed by atoms with van der Waals surface area (Å²) >= 11 is 0. The highest BCUT2D eigenvalue weighted by atomic mass is 19.3. The van der Waals surface area contributed by atoms with Crippen LogP contribution in [0.25, 0.3) is 0 Å². The Bertz CT molecular complexity index is 165. The molecule has 0 aromatic carbocycles. The highest BCUT2D eigenvalue weighted by Crippen LogP contribution is 2.60. The van der Waals surface area contributed by atoms with Gasteiger partial charge in [-0.2, -0.15) is 17.6 Å². The smallest absolute Gasteiger partial charge is 0.234 e. The standard InChI is InChI=1S/C5H4F6/c1-3(7)4(8,9)2(6)5(3,10)11/h2H,1H3. The van der Waals surface area contributed by atoms with Gasteiger partial charge in [-0.3, -0.25) is 0 Å². The summed E-state index contributed by atoms with van der Waals surface area (Å²) < 4.78 is 72.0. The van der Waals surface area contributed by atoms with Crippen LogP contribution in [0.2, 0.25) is 0 Å². The molecule has 1 rings (SSSR count). The molecule has 1 aliphatic rings. The van der Waals surface area contributed by atoms with Gasteiger partial charge in [0.25, 0.3) is 0 Å². The fourth-order valence-corrected chi connectivity index (χ4v) is 0.848. The quantitative estimate of drug-likeness (QED) is 0.499. The molecule has 66 valence electrons. The predicted molar refractivity (Wildman–Crippen MR) is 24.3 cm³/mol. The van der Waals surface area contributed by atoms with Crippen molar-refractivity contribution in [1.29, 1.82) is 0 Å². The molecule has 0 heterocycles. The fourth-order valence-electron chi connectivity index (χ4n) is 0.848. The first-order valence-electron chi connectivity index (χ1n) is 2.74. The molecule has 0 N–H and O–H groups in total. The van der Waals surface area contributed by atoms with Crippen LogP contribution in [0.15, 0.2) is 0 Å². The predicted octanol–water partition coefficient (Wildman–Crippen LogP) is 2.34. The second-order valence-corrected chi connectivity index (χ2v) is 2.61. The number of rotatable bonds is 0. The molecule has 0 atom stereocenters. The summed E-state index contributed by atoms with van der Waals surface area (Å²) in [4.78, 5) is 0. The number of halogens is 6. The molecule has 0 bridgehead atoms. The summed E-state index contributed by atoms with van der Waals surface area (Å²) in [7, 11) is 0. The van der Waals surface area contributed by atoms with Gasteiger partial charge in [-0.15, -0.1) is 0 Å². The van der Waals surface area contributed by atoms with Crippen LogP contribution in [0.1, 0.15) is 6.92 Å². The van der Waals surface area contributed by atoms with Gasteiger partial charge in [0.2, 0.25) is 11.8 Å². The van der Waals surface area contributed by atoms with Crippen LogP contribution in [0.5, 0.6) is 0 Å². The van der Waals surface area contributed by atoms with Crippen molar-refractivity contribution in [3.8, 4) is 0 Å². The summed E-state index contributed by atoms with van der Waals surface area (Å²) in [6.45, 7) is -0.0108. The molecule has 6 heteroatoms. The van der Waals surface area contributed by atoms with E-state index in [4.69, 9.17) is 0 Å². The first-order chi connectivity index (χ1) is 4.65. The van der Waals surface area contributed by atoms with E-state index < -0.39 is 23.7 Å². The van der Waals surface area contributed by atoms with E-state index in [1.54, 1.807) is 0 Å². The fraction of sp³-hybridized carbons (Fsp3) is 1.00. The van der Waals surface area contributed by atoms with Crippen LogP contribution in [-0.2, 0) is 0 Å². The van der Waals surface area contributed by atoms with Crippen molar-refractivity contribution >= 4 is 0 Å². The van der Waals surface area contributed by atoms with Gasteiger partial charge in [0.1, 0.15) is 0 Å². The Kier molecular flexibility index (Phi) is 1.31. The van der Waals surface area contributed by atoms with Crippen molar-refractivity contribution in [1.82, 2.24) is 0 Å². The van der Waals surface area contributed by atoms with Gasteiger partial charge in [-0.05, 0) is 6.92 Å². The van der Waals surface area contributed by atoms with E-state index in [0.29, 0.717) is 0 Å². The van der Waals surface area contributed by atoms with Crippen molar-refractivity contribution in [2.75, 3.05) is 0 Å². The van der Waals surface area contributed by atoms with Crippen LogP contribution >= 0.6 is 0 Å². The van der Waals surface area contributed by atoms with E-state index >= 15 is 0 Å². The van der Waals surface area contributed by atoms with E-state index in [-0.39, 0.29) is 6.92 Å². The summed E-state index contributed by atoms with van der Waals surface area (Å²) in [6.07, 6.45) is -3.70. The Morgan fingerprint density at radius 2 is 1.18 bits per heavy atom. The lowest BCUT2D eigenvalue weighted by molar-refractivity contribution is -0.381. The molecule has 1 fully saturated rings. The zero-order valence-corrected chi connectivity index (χ0v) is 5.35. The van der Waals surface area contributed by atoms with Crippen LogP contribution in [0.3, 0.4) is 0 Å². The van der Waals surface area contributed by atoms with Crippen LogP contribution in [-0.4, -0.2) is 23.7 Å². The van der Waals surface area contributed by atoms with Gasteiger partial charge in [-0.25, -0.2) is 8.78 Å². The number of hydrogen-bond donors (Lipinski definition) is 0.